The number of rotatable bonds is 0. The molecule has 2 atom stereocenters. The van der Waals surface area contributed by atoms with Crippen molar-refractivity contribution in [2.45, 2.75) is 31.9 Å². The zero-order chi connectivity index (χ0) is 9.14. The third kappa shape index (κ3) is 1.77. The van der Waals surface area contributed by atoms with Crippen LogP contribution in [0.4, 0.5) is 0 Å². The Kier molecular flexibility index (Phi) is 2.72. The molecule has 1 amide bonds. The van der Waals surface area contributed by atoms with Gasteiger partial charge in [0.1, 0.15) is 0 Å². The Bertz CT molecular complexity index is 219. The van der Waals surface area contributed by atoms with Crippen LogP contribution in [-0.2, 0) is 4.79 Å². The van der Waals surface area contributed by atoms with Crippen LogP contribution in [0, 0.1) is 12.3 Å². The summed E-state index contributed by atoms with van der Waals surface area (Å²) in [7, 11) is 0. The highest BCUT2D eigenvalue weighted by atomic mass is 16.3. The monoisotopic (exact) mass is 167 g/mol. The standard InChI is InChI=1S/C9H13NO2/c1-3-9(12)10-6-8(11)5-4-7(10)2/h1,7-8,11H,4-6H2,2H3/t7-,8-/m1/s1. The molecule has 3 nitrogen and oxygen atoms in total. The number of terminal acetylenes is 1. The second-order valence-corrected chi connectivity index (χ2v) is 3.18. The fourth-order valence-electron chi connectivity index (χ4n) is 1.45. The summed E-state index contributed by atoms with van der Waals surface area (Å²) in [5.41, 5.74) is 0. The minimum atomic E-state index is -0.404. The maximum absolute atomic E-state index is 11.1. The zero-order valence-corrected chi connectivity index (χ0v) is 7.16. The number of piperidine rings is 1. The number of carbonyl (C=O) groups is 1. The molecule has 1 rings (SSSR count). The number of hydrogen-bond donors (Lipinski definition) is 1. The van der Waals surface area contributed by atoms with Crippen LogP contribution in [0.1, 0.15) is 19.8 Å². The van der Waals surface area contributed by atoms with Crippen molar-refractivity contribution in [3.05, 3.63) is 0 Å². The van der Waals surface area contributed by atoms with Crippen LogP contribution in [0.5, 0.6) is 0 Å². The van der Waals surface area contributed by atoms with Crippen molar-refractivity contribution in [3.8, 4) is 12.3 Å². The summed E-state index contributed by atoms with van der Waals surface area (Å²) in [6.45, 7) is 2.32. The Labute approximate surface area is 72.4 Å². The van der Waals surface area contributed by atoms with Gasteiger partial charge in [0.25, 0.3) is 5.91 Å². The predicted octanol–water partition coefficient (Wildman–Crippen LogP) is -0.00860. The van der Waals surface area contributed by atoms with Crippen LogP contribution >= 0.6 is 0 Å². The van der Waals surface area contributed by atoms with Gasteiger partial charge in [0.2, 0.25) is 0 Å². The van der Waals surface area contributed by atoms with Gasteiger partial charge in [-0.15, -0.1) is 6.42 Å². The molecule has 0 aromatic heterocycles. The molecule has 1 heterocycles. The largest absolute Gasteiger partial charge is 0.391 e. The summed E-state index contributed by atoms with van der Waals surface area (Å²) >= 11 is 0. The average molecular weight is 167 g/mol. The molecule has 0 spiro atoms. The lowest BCUT2D eigenvalue weighted by Gasteiger charge is -2.34. The molecule has 0 radical (unpaired) electrons. The number of likely N-dealkylation sites (tertiary alicyclic amines) is 1. The average Bonchev–Trinajstić information content (AvgIpc) is 2.08. The van der Waals surface area contributed by atoms with Crippen LogP contribution in [0.2, 0.25) is 0 Å². The van der Waals surface area contributed by atoms with E-state index in [4.69, 9.17) is 6.42 Å². The molecule has 0 saturated carbocycles. The van der Waals surface area contributed by atoms with Crippen molar-refractivity contribution in [2.75, 3.05) is 6.54 Å². The highest BCUT2D eigenvalue weighted by Gasteiger charge is 2.26. The lowest BCUT2D eigenvalue weighted by molar-refractivity contribution is -0.130. The van der Waals surface area contributed by atoms with Crippen molar-refractivity contribution in [1.29, 1.82) is 0 Å². The number of aliphatic hydroxyl groups excluding tert-OH is 1. The van der Waals surface area contributed by atoms with Crippen LogP contribution in [0.25, 0.3) is 0 Å². The lowest BCUT2D eigenvalue weighted by Crippen LogP contribution is -2.46. The maximum Gasteiger partial charge on any atom is 0.298 e. The van der Waals surface area contributed by atoms with Gasteiger partial charge < -0.3 is 10.0 Å². The Balaban J connectivity index is 2.62. The summed E-state index contributed by atoms with van der Waals surface area (Å²) in [5, 5.41) is 9.28. The highest BCUT2D eigenvalue weighted by Crippen LogP contribution is 2.16. The fraction of sp³-hybridized carbons (Fsp3) is 0.667. The van der Waals surface area contributed by atoms with Gasteiger partial charge in [-0.3, -0.25) is 4.79 Å². The smallest absolute Gasteiger partial charge is 0.298 e. The molecule has 0 bridgehead atoms. The van der Waals surface area contributed by atoms with Gasteiger partial charge in [0.05, 0.1) is 6.10 Å². The minimum absolute atomic E-state index is 0.164. The van der Waals surface area contributed by atoms with E-state index in [0.717, 1.165) is 12.8 Å². The zero-order valence-electron chi connectivity index (χ0n) is 7.16. The molecule has 0 unspecified atom stereocenters. The van der Waals surface area contributed by atoms with E-state index in [1.165, 1.54) is 0 Å². The lowest BCUT2D eigenvalue weighted by atomic mass is 10.0. The topological polar surface area (TPSA) is 40.5 Å². The summed E-state index contributed by atoms with van der Waals surface area (Å²) in [6, 6.07) is 0.164. The summed E-state index contributed by atoms with van der Waals surface area (Å²) in [5.74, 6) is 1.74. The Morgan fingerprint density at radius 2 is 2.33 bits per heavy atom. The van der Waals surface area contributed by atoms with E-state index in [1.807, 2.05) is 6.92 Å². The van der Waals surface area contributed by atoms with Gasteiger partial charge in [-0.25, -0.2) is 0 Å². The van der Waals surface area contributed by atoms with Crippen molar-refractivity contribution >= 4 is 5.91 Å². The van der Waals surface area contributed by atoms with E-state index in [9.17, 15) is 9.90 Å². The Morgan fingerprint density at radius 1 is 1.67 bits per heavy atom. The van der Waals surface area contributed by atoms with E-state index in [0.29, 0.717) is 6.54 Å². The number of β-amino-alcohol motifs (C(OH)–C–C–N with tert-alkyl or cyclic N) is 1. The Morgan fingerprint density at radius 3 is 2.92 bits per heavy atom. The molecule has 0 aliphatic carbocycles. The summed E-state index contributed by atoms with van der Waals surface area (Å²) in [4.78, 5) is 12.7. The van der Waals surface area contributed by atoms with E-state index < -0.39 is 6.10 Å². The van der Waals surface area contributed by atoms with Crippen LogP contribution in [-0.4, -0.2) is 34.6 Å². The van der Waals surface area contributed by atoms with E-state index in [1.54, 1.807) is 4.90 Å². The highest BCUT2D eigenvalue weighted by molar-refractivity contribution is 5.93. The first-order chi connectivity index (χ1) is 5.65. The number of hydrogen-bond acceptors (Lipinski definition) is 2. The van der Waals surface area contributed by atoms with Gasteiger partial charge >= 0.3 is 0 Å². The first-order valence-electron chi connectivity index (χ1n) is 4.10. The molecule has 0 aromatic rings. The van der Waals surface area contributed by atoms with Gasteiger partial charge in [-0.2, -0.15) is 0 Å². The van der Waals surface area contributed by atoms with Crippen molar-refractivity contribution < 1.29 is 9.90 Å². The van der Waals surface area contributed by atoms with Crippen molar-refractivity contribution in [3.63, 3.8) is 0 Å². The summed E-state index contributed by atoms with van der Waals surface area (Å²) < 4.78 is 0. The molecule has 66 valence electrons. The van der Waals surface area contributed by atoms with Gasteiger partial charge in [0, 0.05) is 12.6 Å². The summed E-state index contributed by atoms with van der Waals surface area (Å²) in [6.07, 6.45) is 6.17. The predicted molar refractivity (Wildman–Crippen MR) is 45.2 cm³/mol. The molecule has 1 aliphatic rings. The number of nitrogens with zero attached hydrogens (tertiary/aromatic N) is 1. The normalized spacial score (nSPS) is 29.6. The van der Waals surface area contributed by atoms with Crippen LogP contribution in [0.15, 0.2) is 0 Å². The molecule has 3 heteroatoms. The molecular weight excluding hydrogens is 154 g/mol. The molecule has 1 fully saturated rings. The second kappa shape index (κ2) is 3.59. The third-order valence-electron chi connectivity index (χ3n) is 2.24. The van der Waals surface area contributed by atoms with Crippen molar-refractivity contribution in [1.82, 2.24) is 4.90 Å². The molecule has 12 heavy (non-hydrogen) atoms. The minimum Gasteiger partial charge on any atom is -0.391 e. The van der Waals surface area contributed by atoms with Crippen LogP contribution < -0.4 is 0 Å². The number of amides is 1. The Hall–Kier alpha value is -1.01. The van der Waals surface area contributed by atoms with Gasteiger partial charge in [-0.1, -0.05) is 0 Å². The van der Waals surface area contributed by atoms with Gasteiger partial charge in [0.15, 0.2) is 0 Å². The molecule has 0 aromatic carbocycles. The van der Waals surface area contributed by atoms with E-state index >= 15 is 0 Å². The molecule has 1 aliphatic heterocycles. The number of carbonyl (C=O) groups excluding carboxylic acids is 1. The third-order valence-corrected chi connectivity index (χ3v) is 2.24. The van der Waals surface area contributed by atoms with Crippen molar-refractivity contribution in [2.24, 2.45) is 0 Å². The first kappa shape index (κ1) is 9.08. The number of aliphatic hydroxyl groups is 1. The first-order valence-corrected chi connectivity index (χ1v) is 4.10. The second-order valence-electron chi connectivity index (χ2n) is 3.18. The van der Waals surface area contributed by atoms with E-state index in [-0.39, 0.29) is 11.9 Å². The molecule has 1 saturated heterocycles. The SMILES string of the molecule is C#CC(=O)N1C[C@H](O)CC[C@H]1C. The quantitative estimate of drug-likeness (QED) is 0.515. The van der Waals surface area contributed by atoms with E-state index in [2.05, 4.69) is 5.92 Å². The maximum atomic E-state index is 11.1. The molecular formula is C9H13NO2. The van der Waals surface area contributed by atoms with Gasteiger partial charge in [-0.05, 0) is 25.7 Å². The fourth-order valence-corrected chi connectivity index (χ4v) is 1.45. The molecule has 1 N–H and O–H groups in total. The van der Waals surface area contributed by atoms with Crippen LogP contribution in [0.3, 0.4) is 0 Å².